The van der Waals surface area contributed by atoms with E-state index in [9.17, 15) is 0 Å². The minimum absolute atomic E-state index is 0.0144. The highest BCUT2D eigenvalue weighted by atomic mass is 14.8. The highest BCUT2D eigenvalue weighted by molar-refractivity contribution is 5.86. The van der Waals surface area contributed by atoms with E-state index in [1.54, 1.807) is 0 Å². The van der Waals surface area contributed by atoms with Gasteiger partial charge in [0.2, 0.25) is 0 Å². The third kappa shape index (κ3) is 6.43. The van der Waals surface area contributed by atoms with E-state index in [1.807, 2.05) is 36.7 Å². The van der Waals surface area contributed by atoms with Crippen molar-refractivity contribution in [2.45, 2.75) is 83.5 Å². The van der Waals surface area contributed by atoms with Crippen molar-refractivity contribution in [3.05, 3.63) is 127 Å². The van der Waals surface area contributed by atoms with Gasteiger partial charge in [-0.05, 0) is 87.7 Å². The van der Waals surface area contributed by atoms with Crippen molar-refractivity contribution in [3.8, 4) is 44.8 Å². The zero-order valence-electron chi connectivity index (χ0n) is 27.1. The average Bonchev–Trinajstić information content (AvgIpc) is 3.37. The van der Waals surface area contributed by atoms with Gasteiger partial charge in [-0.25, -0.2) is 0 Å². The molecule has 0 fully saturated rings. The van der Waals surface area contributed by atoms with Crippen molar-refractivity contribution in [2.75, 3.05) is 0 Å². The lowest BCUT2D eigenvalue weighted by atomic mass is 9.70. The number of pyridine rings is 2. The van der Waals surface area contributed by atoms with E-state index in [0.717, 1.165) is 22.5 Å². The largest absolute Gasteiger partial charge is 0.255 e. The highest BCUT2D eigenvalue weighted by Crippen LogP contribution is 2.55. The van der Waals surface area contributed by atoms with Crippen molar-refractivity contribution >= 4 is 6.08 Å². The van der Waals surface area contributed by atoms with Gasteiger partial charge in [-0.1, -0.05) is 139 Å². The van der Waals surface area contributed by atoms with E-state index in [1.165, 1.54) is 103 Å². The lowest BCUT2D eigenvalue weighted by molar-refractivity contribution is 0.401. The van der Waals surface area contributed by atoms with Crippen LogP contribution in [0.3, 0.4) is 0 Å². The first kappa shape index (κ1) is 30.7. The van der Waals surface area contributed by atoms with Gasteiger partial charge in [0.05, 0.1) is 11.4 Å². The van der Waals surface area contributed by atoms with Crippen LogP contribution in [0.4, 0.5) is 0 Å². The maximum absolute atomic E-state index is 4.82. The van der Waals surface area contributed by atoms with Crippen LogP contribution in [-0.2, 0) is 5.41 Å². The molecule has 2 heterocycles. The number of hydrogen-bond acceptors (Lipinski definition) is 2. The molecule has 228 valence electrons. The monoisotopic (exact) mass is 590 g/mol. The molecule has 6 rings (SSSR count). The van der Waals surface area contributed by atoms with E-state index in [-0.39, 0.29) is 5.41 Å². The number of nitrogens with zero attached hydrogens (tertiary/aromatic N) is 2. The Morgan fingerprint density at radius 2 is 1.16 bits per heavy atom. The molecular formula is C43H46N2. The summed E-state index contributed by atoms with van der Waals surface area (Å²) in [7, 11) is 0. The van der Waals surface area contributed by atoms with E-state index in [4.69, 9.17) is 4.98 Å². The topological polar surface area (TPSA) is 25.8 Å². The quantitative estimate of drug-likeness (QED) is 0.120. The Balaban J connectivity index is 1.44. The molecule has 0 spiro atoms. The van der Waals surface area contributed by atoms with Crippen LogP contribution in [0.15, 0.2) is 110 Å². The fourth-order valence-electron chi connectivity index (χ4n) is 7.27. The van der Waals surface area contributed by atoms with E-state index in [0.29, 0.717) is 0 Å². The van der Waals surface area contributed by atoms with Crippen LogP contribution in [0, 0.1) is 0 Å². The first-order valence-corrected chi connectivity index (χ1v) is 17.1. The molecule has 5 aromatic rings. The molecule has 3 aromatic carbocycles. The fraction of sp³-hybridized carbons (Fsp3) is 0.302. The minimum Gasteiger partial charge on any atom is -0.255 e. The van der Waals surface area contributed by atoms with Crippen molar-refractivity contribution in [2.24, 2.45) is 0 Å². The van der Waals surface area contributed by atoms with Crippen LogP contribution in [0.1, 0.15) is 94.7 Å². The van der Waals surface area contributed by atoms with Crippen LogP contribution in [-0.4, -0.2) is 9.97 Å². The summed E-state index contributed by atoms with van der Waals surface area (Å²) < 4.78 is 0. The minimum atomic E-state index is 0.0144. The summed E-state index contributed by atoms with van der Waals surface area (Å²) in [6, 6.07) is 33.5. The molecule has 0 saturated heterocycles. The molecule has 0 bridgehead atoms. The van der Waals surface area contributed by atoms with Gasteiger partial charge in [-0.3, -0.25) is 9.97 Å². The Kier molecular flexibility index (Phi) is 9.69. The first-order chi connectivity index (χ1) is 22.2. The Hall–Kier alpha value is -4.30. The van der Waals surface area contributed by atoms with E-state index >= 15 is 0 Å². The molecule has 2 nitrogen and oxygen atoms in total. The maximum atomic E-state index is 4.82. The van der Waals surface area contributed by atoms with Gasteiger partial charge in [0.25, 0.3) is 0 Å². The van der Waals surface area contributed by atoms with Gasteiger partial charge < -0.3 is 0 Å². The fourth-order valence-corrected chi connectivity index (χ4v) is 7.27. The Morgan fingerprint density at radius 1 is 0.578 bits per heavy atom. The summed E-state index contributed by atoms with van der Waals surface area (Å²) >= 11 is 0. The van der Waals surface area contributed by atoms with Crippen molar-refractivity contribution in [3.63, 3.8) is 0 Å². The third-order valence-electron chi connectivity index (χ3n) is 9.78. The van der Waals surface area contributed by atoms with Gasteiger partial charge in [-0.15, -0.1) is 0 Å². The van der Waals surface area contributed by atoms with Gasteiger partial charge >= 0.3 is 0 Å². The molecule has 0 atom stereocenters. The molecule has 0 N–H and O–H groups in total. The predicted octanol–water partition coefficient (Wildman–Crippen LogP) is 12.3. The summed E-state index contributed by atoms with van der Waals surface area (Å²) in [5.74, 6) is 0. The van der Waals surface area contributed by atoms with E-state index in [2.05, 4.69) is 98.2 Å². The Morgan fingerprint density at radius 3 is 1.69 bits per heavy atom. The van der Waals surface area contributed by atoms with Gasteiger partial charge in [0.15, 0.2) is 0 Å². The van der Waals surface area contributed by atoms with Crippen LogP contribution in [0.5, 0.6) is 0 Å². The number of rotatable bonds is 14. The summed E-state index contributed by atoms with van der Waals surface area (Å²) in [6.45, 7) is 8.57. The number of aromatic nitrogens is 2. The third-order valence-corrected chi connectivity index (χ3v) is 9.78. The highest BCUT2D eigenvalue weighted by Gasteiger charge is 2.42. The molecule has 0 saturated carbocycles. The maximum Gasteiger partial charge on any atom is 0.0886 e. The molecular weight excluding hydrogens is 544 g/mol. The Bertz CT molecular complexity index is 1700. The number of hydrogen-bond donors (Lipinski definition) is 0. The molecule has 0 amide bonds. The smallest absolute Gasteiger partial charge is 0.0886 e. The molecule has 45 heavy (non-hydrogen) atoms. The number of fused-ring (bicyclic) bond motifs is 3. The normalized spacial score (nSPS) is 12.9. The number of unbranched alkanes of at least 4 members (excludes halogenated alkanes) is 6. The van der Waals surface area contributed by atoms with Crippen molar-refractivity contribution in [1.82, 2.24) is 9.97 Å². The summed E-state index contributed by atoms with van der Waals surface area (Å²) in [5, 5.41) is 0. The second-order valence-electron chi connectivity index (χ2n) is 12.7. The van der Waals surface area contributed by atoms with Crippen LogP contribution in [0.2, 0.25) is 0 Å². The average molecular weight is 591 g/mol. The summed E-state index contributed by atoms with van der Waals surface area (Å²) in [5.41, 5.74) is 13.8. The predicted molar refractivity (Wildman–Crippen MR) is 192 cm³/mol. The zero-order valence-corrected chi connectivity index (χ0v) is 27.1. The number of benzene rings is 3. The Labute approximate surface area is 270 Å². The standard InChI is InChI=1S/C43H46N2/c1-4-7-9-12-26-43(27-13-10-8-5-2)39-29-34(33-18-16-32(6-3)17-19-33)20-23-37(39)38-24-21-35(30-40(38)43)36-22-25-42(45-31-36)41-15-11-14-28-44-41/h6,11,14-25,28-31H,3-5,7-10,12-13,26-27H2,1-2H3. The molecule has 0 aliphatic heterocycles. The first-order valence-electron chi connectivity index (χ1n) is 17.1. The SMILES string of the molecule is C=Cc1ccc(-c2ccc3c(c2)C(CCCCCC)(CCCCCC)c2cc(-c4ccc(-c5ccccn5)nc4)ccc2-3)cc1. The van der Waals surface area contributed by atoms with Crippen molar-refractivity contribution < 1.29 is 0 Å². The molecule has 1 aliphatic carbocycles. The van der Waals surface area contributed by atoms with Crippen LogP contribution < -0.4 is 0 Å². The summed E-state index contributed by atoms with van der Waals surface area (Å²) in [6.07, 6.45) is 18.3. The lowest BCUT2D eigenvalue weighted by Gasteiger charge is -2.33. The van der Waals surface area contributed by atoms with E-state index < -0.39 is 0 Å². The van der Waals surface area contributed by atoms with Gasteiger partial charge in [-0.2, -0.15) is 0 Å². The zero-order chi connectivity index (χ0) is 31.1. The molecule has 0 unspecified atom stereocenters. The molecule has 2 heteroatoms. The van der Waals surface area contributed by atoms with Crippen LogP contribution >= 0.6 is 0 Å². The van der Waals surface area contributed by atoms with Gasteiger partial charge in [0.1, 0.15) is 0 Å². The second kappa shape index (κ2) is 14.2. The molecule has 1 aliphatic rings. The van der Waals surface area contributed by atoms with Crippen molar-refractivity contribution in [1.29, 1.82) is 0 Å². The lowest BCUT2D eigenvalue weighted by Crippen LogP contribution is -2.25. The summed E-state index contributed by atoms with van der Waals surface area (Å²) in [4.78, 5) is 9.32. The van der Waals surface area contributed by atoms with Crippen LogP contribution in [0.25, 0.3) is 50.8 Å². The molecule has 0 radical (unpaired) electrons. The second-order valence-corrected chi connectivity index (χ2v) is 12.7. The molecule has 2 aromatic heterocycles. The van der Waals surface area contributed by atoms with Gasteiger partial charge in [0, 0.05) is 23.4 Å².